The van der Waals surface area contributed by atoms with Gasteiger partial charge in [-0.2, -0.15) is 0 Å². The van der Waals surface area contributed by atoms with Gasteiger partial charge in [0.05, 0.1) is 5.92 Å². The van der Waals surface area contributed by atoms with Gasteiger partial charge in [0.2, 0.25) is 0 Å². The fraction of sp³-hybridized carbons (Fsp3) is 0.474. The first-order valence-electron chi connectivity index (χ1n) is 8.99. The fourth-order valence-corrected chi connectivity index (χ4v) is 2.50. The summed E-state index contributed by atoms with van der Waals surface area (Å²) in [5, 5.41) is 3.21. The van der Waals surface area contributed by atoms with E-state index in [1.165, 1.54) is 0 Å². The minimum Gasteiger partial charge on any atom is -0.445 e. The van der Waals surface area contributed by atoms with Gasteiger partial charge in [0.25, 0.3) is 11.8 Å². The lowest BCUT2D eigenvalue weighted by molar-refractivity contribution is -0.200. The molecule has 0 bridgehead atoms. The van der Waals surface area contributed by atoms with E-state index in [1.807, 2.05) is 30.3 Å². The van der Waals surface area contributed by atoms with Crippen LogP contribution >= 0.6 is 0 Å². The van der Waals surface area contributed by atoms with Crippen LogP contribution in [0.3, 0.4) is 0 Å². The summed E-state index contributed by atoms with van der Waals surface area (Å²) in [6.45, 7) is 2.32. The van der Waals surface area contributed by atoms with Gasteiger partial charge in [-0.1, -0.05) is 43.7 Å². The van der Waals surface area contributed by atoms with Crippen molar-refractivity contribution in [2.24, 2.45) is 5.92 Å². The molecule has 1 heterocycles. The van der Waals surface area contributed by atoms with E-state index in [4.69, 9.17) is 9.57 Å². The Labute approximate surface area is 157 Å². The Bertz CT molecular complexity index is 660. The van der Waals surface area contributed by atoms with E-state index in [0.717, 1.165) is 5.56 Å². The first-order chi connectivity index (χ1) is 13.0. The monoisotopic (exact) mass is 376 g/mol. The van der Waals surface area contributed by atoms with Gasteiger partial charge in [-0.3, -0.25) is 9.59 Å². The summed E-state index contributed by atoms with van der Waals surface area (Å²) in [4.78, 5) is 51.2. The topological polar surface area (TPSA) is 102 Å². The Morgan fingerprint density at radius 1 is 1.11 bits per heavy atom. The average Bonchev–Trinajstić information content (AvgIpc) is 2.98. The molecule has 1 aromatic rings. The first kappa shape index (κ1) is 20.4. The molecular weight excluding hydrogens is 352 g/mol. The smallest absolute Gasteiger partial charge is 0.407 e. The van der Waals surface area contributed by atoms with Gasteiger partial charge in [-0.25, -0.2) is 9.59 Å². The molecule has 8 heteroatoms. The third-order valence-electron chi connectivity index (χ3n) is 4.14. The van der Waals surface area contributed by atoms with Crippen molar-refractivity contribution in [1.29, 1.82) is 0 Å². The van der Waals surface area contributed by atoms with Gasteiger partial charge in [0.15, 0.2) is 0 Å². The maximum atomic E-state index is 11.9. The predicted octanol–water partition coefficient (Wildman–Crippen LogP) is 2.33. The minimum atomic E-state index is -0.603. The number of nitrogens with one attached hydrogen (secondary N) is 1. The van der Waals surface area contributed by atoms with Gasteiger partial charge >= 0.3 is 12.1 Å². The van der Waals surface area contributed by atoms with Crippen molar-refractivity contribution >= 4 is 23.9 Å². The normalized spacial score (nSPS) is 14.8. The highest BCUT2D eigenvalue weighted by atomic mass is 16.7. The van der Waals surface area contributed by atoms with E-state index in [9.17, 15) is 19.2 Å². The van der Waals surface area contributed by atoms with Crippen molar-refractivity contribution in [3.05, 3.63) is 35.9 Å². The molecule has 146 valence electrons. The predicted molar refractivity (Wildman–Crippen MR) is 94.8 cm³/mol. The molecule has 0 aliphatic carbocycles. The van der Waals surface area contributed by atoms with Crippen LogP contribution in [-0.2, 0) is 30.6 Å². The first-order valence-corrected chi connectivity index (χ1v) is 8.99. The molecule has 2 rings (SSSR count). The summed E-state index contributed by atoms with van der Waals surface area (Å²) in [7, 11) is 0. The Morgan fingerprint density at radius 2 is 1.78 bits per heavy atom. The number of hydrogen-bond acceptors (Lipinski definition) is 6. The lowest BCUT2D eigenvalue weighted by atomic mass is 10.0. The number of nitrogens with zero attached hydrogens (tertiary/aromatic N) is 1. The number of hydrogen-bond donors (Lipinski definition) is 1. The van der Waals surface area contributed by atoms with Crippen LogP contribution in [0.1, 0.15) is 44.6 Å². The highest BCUT2D eigenvalue weighted by Gasteiger charge is 2.33. The second-order valence-corrected chi connectivity index (χ2v) is 6.38. The summed E-state index contributed by atoms with van der Waals surface area (Å²) in [5.41, 5.74) is 0.912. The zero-order valence-corrected chi connectivity index (χ0v) is 15.3. The summed E-state index contributed by atoms with van der Waals surface area (Å²) in [6.07, 6.45) is 1.53. The zero-order valence-electron chi connectivity index (χ0n) is 15.3. The summed E-state index contributed by atoms with van der Waals surface area (Å²) in [6, 6.07) is 9.38. The van der Waals surface area contributed by atoms with Gasteiger partial charge in [0.1, 0.15) is 6.61 Å². The van der Waals surface area contributed by atoms with Gasteiger partial charge in [0, 0.05) is 19.4 Å². The highest BCUT2D eigenvalue weighted by Crippen LogP contribution is 2.16. The molecule has 8 nitrogen and oxygen atoms in total. The molecule has 1 aliphatic heterocycles. The molecule has 1 aromatic carbocycles. The molecule has 0 spiro atoms. The van der Waals surface area contributed by atoms with Crippen molar-refractivity contribution < 1.29 is 28.8 Å². The van der Waals surface area contributed by atoms with E-state index >= 15 is 0 Å². The lowest BCUT2D eigenvalue weighted by Gasteiger charge is -2.16. The summed E-state index contributed by atoms with van der Waals surface area (Å²) >= 11 is 0. The molecular formula is C19H24N2O6. The van der Waals surface area contributed by atoms with Crippen molar-refractivity contribution in [1.82, 2.24) is 10.4 Å². The van der Waals surface area contributed by atoms with Crippen LogP contribution in [0, 0.1) is 5.92 Å². The van der Waals surface area contributed by atoms with Crippen molar-refractivity contribution in [3.63, 3.8) is 0 Å². The molecule has 1 N–H and O–H groups in total. The zero-order chi connectivity index (χ0) is 19.6. The quantitative estimate of drug-likeness (QED) is 0.524. The number of carbonyl (C=O) groups excluding carboxylic acids is 4. The summed E-state index contributed by atoms with van der Waals surface area (Å²) < 4.78 is 5.09. The van der Waals surface area contributed by atoms with Crippen molar-refractivity contribution in [2.75, 3.05) is 6.54 Å². The van der Waals surface area contributed by atoms with Crippen LogP contribution in [0.15, 0.2) is 30.3 Å². The maximum Gasteiger partial charge on any atom is 0.407 e. The van der Waals surface area contributed by atoms with E-state index in [0.29, 0.717) is 30.9 Å². The number of unbranched alkanes of at least 4 members (excludes halogenated alkanes) is 1. The minimum absolute atomic E-state index is 0.0759. The maximum absolute atomic E-state index is 11.9. The molecule has 0 radical (unpaired) electrons. The Hall–Kier alpha value is -2.90. The van der Waals surface area contributed by atoms with Gasteiger partial charge < -0.3 is 14.9 Å². The highest BCUT2D eigenvalue weighted by molar-refractivity contribution is 6.01. The van der Waals surface area contributed by atoms with Crippen LogP contribution in [0.4, 0.5) is 4.79 Å². The molecule has 1 fully saturated rings. The van der Waals surface area contributed by atoms with E-state index in [-0.39, 0.29) is 19.4 Å². The molecule has 0 unspecified atom stereocenters. The Balaban J connectivity index is 1.55. The van der Waals surface area contributed by atoms with Crippen LogP contribution in [-0.4, -0.2) is 35.5 Å². The largest absolute Gasteiger partial charge is 0.445 e. The number of rotatable bonds is 9. The standard InChI is InChI=1S/C19H24N2O6/c1-14(18(24)27-21-16(22)10-11-17(21)23)7-5-6-12-20-19(25)26-13-15-8-3-2-4-9-15/h2-4,8-9,14H,5-7,10-13H2,1H3,(H,20,25)/t14-/m0/s1. The second kappa shape index (κ2) is 10.3. The van der Waals surface area contributed by atoms with Gasteiger partial charge in [-0.05, 0) is 18.4 Å². The third kappa shape index (κ3) is 6.73. The Kier molecular flexibility index (Phi) is 7.79. The molecule has 1 atom stereocenters. The number of amides is 3. The van der Waals surface area contributed by atoms with Gasteiger partial charge in [-0.15, -0.1) is 5.06 Å². The SMILES string of the molecule is C[C@@H](CCCCNC(=O)OCc1ccccc1)C(=O)ON1C(=O)CCC1=O. The average molecular weight is 376 g/mol. The number of ether oxygens (including phenoxy) is 1. The van der Waals surface area contributed by atoms with E-state index in [1.54, 1.807) is 6.92 Å². The fourth-order valence-electron chi connectivity index (χ4n) is 2.50. The molecule has 1 aliphatic rings. The van der Waals surface area contributed by atoms with Crippen molar-refractivity contribution in [2.45, 2.75) is 45.6 Å². The van der Waals surface area contributed by atoms with Crippen LogP contribution in [0.2, 0.25) is 0 Å². The molecule has 27 heavy (non-hydrogen) atoms. The van der Waals surface area contributed by atoms with Crippen molar-refractivity contribution in [3.8, 4) is 0 Å². The van der Waals surface area contributed by atoms with Crippen LogP contribution < -0.4 is 5.32 Å². The second-order valence-electron chi connectivity index (χ2n) is 6.38. The number of alkyl carbamates (subject to hydrolysis) is 1. The summed E-state index contributed by atoms with van der Waals surface area (Å²) in [5.74, 6) is -2.03. The van der Waals surface area contributed by atoms with Crippen LogP contribution in [0.5, 0.6) is 0 Å². The Morgan fingerprint density at radius 3 is 2.44 bits per heavy atom. The van der Waals surface area contributed by atoms with E-state index < -0.39 is 29.8 Å². The number of hydroxylamine groups is 2. The molecule has 0 aromatic heterocycles. The number of imide groups is 1. The van der Waals surface area contributed by atoms with E-state index in [2.05, 4.69) is 5.32 Å². The molecule has 1 saturated heterocycles. The third-order valence-corrected chi connectivity index (χ3v) is 4.14. The lowest BCUT2D eigenvalue weighted by Crippen LogP contribution is -2.34. The van der Waals surface area contributed by atoms with Crippen LogP contribution in [0.25, 0.3) is 0 Å². The number of carbonyl (C=O) groups is 4. The molecule has 0 saturated carbocycles. The molecule has 3 amide bonds. The number of benzene rings is 1.